The molecular formula is C14H25N. The Morgan fingerprint density at radius 1 is 0.667 bits per heavy atom. The van der Waals surface area contributed by atoms with Crippen molar-refractivity contribution in [3.05, 3.63) is 12.2 Å². The van der Waals surface area contributed by atoms with Crippen LogP contribution < -0.4 is 5.73 Å². The van der Waals surface area contributed by atoms with Gasteiger partial charge in [0.1, 0.15) is 0 Å². The predicted octanol–water partition coefficient (Wildman–Crippen LogP) is 3.64. The molecule has 86 valence electrons. The first kappa shape index (κ1) is 11.2. The van der Waals surface area contributed by atoms with E-state index in [-0.39, 0.29) is 0 Å². The van der Waals surface area contributed by atoms with Gasteiger partial charge in [0.05, 0.1) is 0 Å². The standard InChI is InChI=1S/C14H25N/c15-14-10-8-13(9-11-14)7-6-12-4-2-1-3-5-12/h6-7,12-14H,1-5,8-11,15H2/b7-6+. The van der Waals surface area contributed by atoms with Crippen molar-refractivity contribution >= 4 is 0 Å². The van der Waals surface area contributed by atoms with Crippen LogP contribution in [0.5, 0.6) is 0 Å². The minimum atomic E-state index is 0.490. The van der Waals surface area contributed by atoms with Gasteiger partial charge in [0.15, 0.2) is 0 Å². The van der Waals surface area contributed by atoms with Crippen LogP contribution in [0.3, 0.4) is 0 Å². The van der Waals surface area contributed by atoms with Crippen LogP contribution in [0, 0.1) is 11.8 Å². The van der Waals surface area contributed by atoms with Crippen molar-refractivity contribution < 1.29 is 0 Å². The zero-order chi connectivity index (χ0) is 10.5. The number of nitrogens with two attached hydrogens (primary N) is 1. The topological polar surface area (TPSA) is 26.0 Å². The van der Waals surface area contributed by atoms with Crippen LogP contribution in [0.4, 0.5) is 0 Å². The molecule has 0 amide bonds. The molecule has 0 heterocycles. The highest BCUT2D eigenvalue weighted by atomic mass is 14.6. The Hall–Kier alpha value is -0.300. The molecule has 2 rings (SSSR count). The largest absolute Gasteiger partial charge is 0.328 e. The summed E-state index contributed by atoms with van der Waals surface area (Å²) in [5.74, 6) is 1.74. The Balaban J connectivity index is 1.73. The maximum atomic E-state index is 5.91. The zero-order valence-electron chi connectivity index (χ0n) is 9.83. The van der Waals surface area contributed by atoms with Crippen LogP contribution in [0.15, 0.2) is 12.2 Å². The molecule has 0 saturated heterocycles. The second kappa shape index (κ2) is 5.69. The Labute approximate surface area is 94.1 Å². The van der Waals surface area contributed by atoms with E-state index in [1.165, 1.54) is 57.8 Å². The van der Waals surface area contributed by atoms with Gasteiger partial charge in [0.2, 0.25) is 0 Å². The summed E-state index contributed by atoms with van der Waals surface area (Å²) in [5, 5.41) is 0. The fourth-order valence-electron chi connectivity index (χ4n) is 2.98. The third kappa shape index (κ3) is 3.64. The number of allylic oxidation sites excluding steroid dienone is 2. The lowest BCUT2D eigenvalue weighted by atomic mass is 9.84. The van der Waals surface area contributed by atoms with Gasteiger partial charge in [-0.1, -0.05) is 31.4 Å². The molecule has 2 N–H and O–H groups in total. The summed E-state index contributed by atoms with van der Waals surface area (Å²) >= 11 is 0. The minimum Gasteiger partial charge on any atom is -0.328 e. The normalized spacial score (nSPS) is 34.7. The van der Waals surface area contributed by atoms with Gasteiger partial charge in [-0.05, 0) is 50.4 Å². The Bertz CT molecular complexity index is 195. The van der Waals surface area contributed by atoms with E-state index in [0.29, 0.717) is 6.04 Å². The summed E-state index contributed by atoms with van der Waals surface area (Å²) in [5.41, 5.74) is 5.91. The third-order valence-electron chi connectivity index (χ3n) is 4.12. The smallest absolute Gasteiger partial charge is 0.00392 e. The quantitative estimate of drug-likeness (QED) is 0.687. The summed E-state index contributed by atoms with van der Waals surface area (Å²) in [7, 11) is 0. The minimum absolute atomic E-state index is 0.490. The molecule has 15 heavy (non-hydrogen) atoms. The molecule has 0 aromatic heterocycles. The Morgan fingerprint density at radius 2 is 1.20 bits per heavy atom. The van der Waals surface area contributed by atoms with Gasteiger partial charge in [-0.2, -0.15) is 0 Å². The second-order valence-corrected chi connectivity index (χ2v) is 5.46. The molecule has 0 radical (unpaired) electrons. The van der Waals surface area contributed by atoms with Crippen molar-refractivity contribution in [2.45, 2.75) is 63.8 Å². The highest BCUT2D eigenvalue weighted by Crippen LogP contribution is 2.28. The Kier molecular flexibility index (Phi) is 4.25. The van der Waals surface area contributed by atoms with E-state index in [2.05, 4.69) is 12.2 Å². The first-order chi connectivity index (χ1) is 7.34. The molecule has 0 bridgehead atoms. The van der Waals surface area contributed by atoms with Crippen molar-refractivity contribution in [3.8, 4) is 0 Å². The second-order valence-electron chi connectivity index (χ2n) is 5.46. The van der Waals surface area contributed by atoms with E-state index < -0.39 is 0 Å². The molecule has 2 saturated carbocycles. The van der Waals surface area contributed by atoms with Crippen LogP contribution in [0.1, 0.15) is 57.8 Å². The lowest BCUT2D eigenvalue weighted by molar-refractivity contribution is 0.370. The van der Waals surface area contributed by atoms with Crippen molar-refractivity contribution in [3.63, 3.8) is 0 Å². The summed E-state index contributed by atoms with van der Waals surface area (Å²) in [4.78, 5) is 0. The van der Waals surface area contributed by atoms with Crippen LogP contribution in [0.25, 0.3) is 0 Å². The SMILES string of the molecule is NC1CCC(/C=C/C2CCCCC2)CC1. The van der Waals surface area contributed by atoms with Crippen LogP contribution >= 0.6 is 0 Å². The molecule has 0 aliphatic heterocycles. The fraction of sp³-hybridized carbons (Fsp3) is 0.857. The highest BCUT2D eigenvalue weighted by molar-refractivity contribution is 4.95. The number of rotatable bonds is 2. The van der Waals surface area contributed by atoms with Gasteiger partial charge in [0.25, 0.3) is 0 Å². The molecule has 2 aliphatic carbocycles. The van der Waals surface area contributed by atoms with Crippen molar-refractivity contribution in [1.82, 2.24) is 0 Å². The monoisotopic (exact) mass is 207 g/mol. The van der Waals surface area contributed by atoms with Gasteiger partial charge in [-0.25, -0.2) is 0 Å². The molecule has 0 atom stereocenters. The maximum absolute atomic E-state index is 5.91. The van der Waals surface area contributed by atoms with E-state index in [1.807, 2.05) is 0 Å². The third-order valence-corrected chi connectivity index (χ3v) is 4.12. The van der Waals surface area contributed by atoms with Gasteiger partial charge in [0, 0.05) is 6.04 Å². The van der Waals surface area contributed by atoms with E-state index in [0.717, 1.165) is 11.8 Å². The average Bonchev–Trinajstić information content (AvgIpc) is 2.30. The van der Waals surface area contributed by atoms with Gasteiger partial charge in [-0.3, -0.25) is 0 Å². The van der Waals surface area contributed by atoms with Crippen LogP contribution in [-0.2, 0) is 0 Å². The van der Waals surface area contributed by atoms with Gasteiger partial charge in [-0.15, -0.1) is 0 Å². The fourth-order valence-corrected chi connectivity index (χ4v) is 2.98. The van der Waals surface area contributed by atoms with E-state index >= 15 is 0 Å². The van der Waals surface area contributed by atoms with Crippen molar-refractivity contribution in [1.29, 1.82) is 0 Å². The predicted molar refractivity (Wildman–Crippen MR) is 65.6 cm³/mol. The van der Waals surface area contributed by atoms with E-state index in [9.17, 15) is 0 Å². The first-order valence-corrected chi connectivity index (χ1v) is 6.78. The molecule has 0 spiro atoms. The molecule has 0 unspecified atom stereocenters. The summed E-state index contributed by atoms with van der Waals surface area (Å²) in [6.07, 6.45) is 17.4. The van der Waals surface area contributed by atoms with Crippen molar-refractivity contribution in [2.24, 2.45) is 17.6 Å². The molecule has 2 aliphatic rings. The highest BCUT2D eigenvalue weighted by Gasteiger charge is 2.17. The summed E-state index contributed by atoms with van der Waals surface area (Å²) in [6, 6.07) is 0.490. The van der Waals surface area contributed by atoms with Gasteiger partial charge < -0.3 is 5.73 Å². The zero-order valence-corrected chi connectivity index (χ0v) is 9.83. The van der Waals surface area contributed by atoms with E-state index in [4.69, 9.17) is 5.73 Å². The first-order valence-electron chi connectivity index (χ1n) is 6.78. The molecule has 0 aromatic carbocycles. The number of hydrogen-bond acceptors (Lipinski definition) is 1. The van der Waals surface area contributed by atoms with Crippen LogP contribution in [-0.4, -0.2) is 6.04 Å². The maximum Gasteiger partial charge on any atom is 0.00392 e. The Morgan fingerprint density at radius 3 is 1.80 bits per heavy atom. The van der Waals surface area contributed by atoms with Crippen LogP contribution in [0.2, 0.25) is 0 Å². The average molecular weight is 207 g/mol. The van der Waals surface area contributed by atoms with E-state index in [1.54, 1.807) is 0 Å². The van der Waals surface area contributed by atoms with Gasteiger partial charge >= 0.3 is 0 Å². The summed E-state index contributed by atoms with van der Waals surface area (Å²) < 4.78 is 0. The lowest BCUT2D eigenvalue weighted by Gasteiger charge is -2.24. The molecule has 0 aromatic rings. The van der Waals surface area contributed by atoms with Crippen molar-refractivity contribution in [2.75, 3.05) is 0 Å². The molecule has 1 heteroatoms. The molecular weight excluding hydrogens is 182 g/mol. The molecule has 1 nitrogen and oxygen atoms in total. The summed E-state index contributed by atoms with van der Waals surface area (Å²) in [6.45, 7) is 0. The number of hydrogen-bond donors (Lipinski definition) is 1. The lowest BCUT2D eigenvalue weighted by Crippen LogP contribution is -2.25. The molecule has 2 fully saturated rings.